The van der Waals surface area contributed by atoms with Crippen molar-refractivity contribution in [3.05, 3.63) is 59.2 Å². The van der Waals surface area contributed by atoms with Gasteiger partial charge in [0.05, 0.1) is 24.4 Å². The minimum Gasteiger partial charge on any atom is -0.495 e. The normalized spacial score (nSPS) is 14.1. The lowest BCUT2D eigenvalue weighted by Gasteiger charge is -2.36. The molecule has 0 unspecified atom stereocenters. The Bertz CT molecular complexity index is 1300. The van der Waals surface area contributed by atoms with Crippen molar-refractivity contribution in [3.8, 4) is 5.75 Å². The van der Waals surface area contributed by atoms with Crippen LogP contribution in [0.1, 0.15) is 5.56 Å². The number of hydrogen-bond acceptors (Lipinski definition) is 7. The average molecular weight is 464 g/mol. The van der Waals surface area contributed by atoms with Crippen molar-refractivity contribution >= 4 is 45.8 Å². The van der Waals surface area contributed by atoms with Gasteiger partial charge in [-0.1, -0.05) is 29.8 Å². The maximum absolute atomic E-state index is 6.33. The number of fused-ring (bicyclic) bond motifs is 1. The lowest BCUT2D eigenvalue weighted by atomic mass is 10.2. The number of nitrogens with one attached hydrogen (secondary N) is 1. The zero-order chi connectivity index (χ0) is 22.9. The van der Waals surface area contributed by atoms with E-state index in [1.54, 1.807) is 18.0 Å². The van der Waals surface area contributed by atoms with Crippen molar-refractivity contribution in [2.45, 2.75) is 6.92 Å². The van der Waals surface area contributed by atoms with E-state index >= 15 is 0 Å². The van der Waals surface area contributed by atoms with Crippen LogP contribution in [0.25, 0.3) is 11.0 Å². The molecule has 1 aliphatic rings. The highest BCUT2D eigenvalue weighted by Gasteiger charge is 2.23. The number of methoxy groups -OCH3 is 1. The van der Waals surface area contributed by atoms with Crippen LogP contribution in [0.15, 0.2) is 48.7 Å². The molecule has 2 aromatic carbocycles. The number of anilines is 4. The number of ether oxygens (including phenoxy) is 1. The number of nitrogens with zero attached hydrogens (tertiary/aromatic N) is 6. The third kappa shape index (κ3) is 4.14. The molecule has 3 heterocycles. The lowest BCUT2D eigenvalue weighted by molar-refractivity contribution is 0.413. The van der Waals surface area contributed by atoms with Gasteiger partial charge in [0.1, 0.15) is 11.6 Å². The first-order chi connectivity index (χ1) is 16.0. The van der Waals surface area contributed by atoms with E-state index in [4.69, 9.17) is 26.3 Å². The summed E-state index contributed by atoms with van der Waals surface area (Å²) in [4.78, 5) is 14.3. The molecule has 9 heteroatoms. The summed E-state index contributed by atoms with van der Waals surface area (Å²) in [6.45, 7) is 5.29. The second-order valence-electron chi connectivity index (χ2n) is 8.11. The number of aryl methyl sites for hydroxylation is 2. The summed E-state index contributed by atoms with van der Waals surface area (Å²) in [5.41, 5.74) is 3.81. The predicted molar refractivity (Wildman–Crippen MR) is 133 cm³/mol. The van der Waals surface area contributed by atoms with Crippen molar-refractivity contribution in [3.63, 3.8) is 0 Å². The molecule has 0 amide bonds. The molecule has 8 nitrogen and oxygen atoms in total. The summed E-state index contributed by atoms with van der Waals surface area (Å²) in [7, 11) is 3.60. The van der Waals surface area contributed by atoms with E-state index in [-0.39, 0.29) is 0 Å². The molecule has 4 aromatic rings. The van der Waals surface area contributed by atoms with Gasteiger partial charge in [0.2, 0.25) is 5.95 Å². The Labute approximate surface area is 197 Å². The molecule has 5 rings (SSSR count). The third-order valence-corrected chi connectivity index (χ3v) is 6.41. The van der Waals surface area contributed by atoms with E-state index in [2.05, 4.69) is 26.3 Å². The third-order valence-electron chi connectivity index (χ3n) is 6.00. The summed E-state index contributed by atoms with van der Waals surface area (Å²) in [6, 6.07) is 14.0. The summed E-state index contributed by atoms with van der Waals surface area (Å²) in [5.74, 6) is 2.29. The fraction of sp³-hybridized carbons (Fsp3) is 0.292. The van der Waals surface area contributed by atoms with Crippen molar-refractivity contribution in [2.24, 2.45) is 7.05 Å². The summed E-state index contributed by atoms with van der Waals surface area (Å²) in [5, 5.41) is 9.39. The number of benzene rings is 2. The average Bonchev–Trinajstić information content (AvgIpc) is 3.22. The number of hydrogen-bond donors (Lipinski definition) is 1. The van der Waals surface area contributed by atoms with Crippen molar-refractivity contribution in [2.75, 3.05) is 48.4 Å². The Kier molecular flexibility index (Phi) is 5.68. The molecule has 0 radical (unpaired) electrons. The van der Waals surface area contributed by atoms with Gasteiger partial charge in [-0.05, 0) is 36.8 Å². The number of aromatic nitrogens is 4. The maximum Gasteiger partial charge on any atom is 0.229 e. The largest absolute Gasteiger partial charge is 0.495 e. The predicted octanol–water partition coefficient (Wildman–Crippen LogP) is 4.40. The smallest absolute Gasteiger partial charge is 0.229 e. The first kappa shape index (κ1) is 21.3. The zero-order valence-electron chi connectivity index (χ0n) is 18.9. The van der Waals surface area contributed by atoms with Gasteiger partial charge in [0, 0.05) is 43.9 Å². The number of piperazine rings is 1. The van der Waals surface area contributed by atoms with Gasteiger partial charge in [-0.25, -0.2) is 0 Å². The lowest BCUT2D eigenvalue weighted by Crippen LogP contribution is -2.47. The molecule has 1 fully saturated rings. The van der Waals surface area contributed by atoms with Crippen LogP contribution in [0.2, 0.25) is 5.02 Å². The maximum atomic E-state index is 6.33. The Morgan fingerprint density at radius 2 is 1.76 bits per heavy atom. The zero-order valence-corrected chi connectivity index (χ0v) is 19.7. The number of halogens is 1. The highest BCUT2D eigenvalue weighted by Crippen LogP contribution is 2.31. The molecule has 2 aromatic heterocycles. The highest BCUT2D eigenvalue weighted by molar-refractivity contribution is 6.31. The molecule has 1 aliphatic heterocycles. The Morgan fingerprint density at radius 1 is 1.00 bits per heavy atom. The monoisotopic (exact) mass is 463 g/mol. The van der Waals surface area contributed by atoms with Crippen LogP contribution in [0, 0.1) is 6.92 Å². The summed E-state index contributed by atoms with van der Waals surface area (Å²) in [6.07, 6.45) is 1.79. The van der Waals surface area contributed by atoms with Crippen molar-refractivity contribution < 1.29 is 4.74 Å². The van der Waals surface area contributed by atoms with Gasteiger partial charge in [0.25, 0.3) is 0 Å². The standard InChI is InChI=1S/C24H26ClN7O/c1-16-8-9-17(14-19(16)25)27-22-18-15-26-30(2)23(18)29-24(28-22)32-12-10-31(11-13-32)20-6-4-5-7-21(20)33-3/h4-9,14-15H,10-13H2,1-3H3,(H,27,28,29). The van der Waals surface area contributed by atoms with Crippen molar-refractivity contribution in [1.82, 2.24) is 19.7 Å². The minimum absolute atomic E-state index is 0.687. The van der Waals surface area contributed by atoms with Gasteiger partial charge in [-0.2, -0.15) is 15.1 Å². The molecule has 1 saturated heterocycles. The van der Waals surface area contributed by atoms with E-state index in [1.807, 2.05) is 50.4 Å². The summed E-state index contributed by atoms with van der Waals surface area (Å²) >= 11 is 6.33. The van der Waals surface area contributed by atoms with E-state index in [1.165, 1.54) is 0 Å². The van der Waals surface area contributed by atoms with E-state index < -0.39 is 0 Å². The van der Waals surface area contributed by atoms with Gasteiger partial charge in [-0.3, -0.25) is 4.68 Å². The van der Waals surface area contributed by atoms with E-state index in [0.717, 1.165) is 65.7 Å². The molecule has 0 bridgehead atoms. The number of para-hydroxylation sites is 2. The Morgan fingerprint density at radius 3 is 2.52 bits per heavy atom. The molecular formula is C24H26ClN7O. The summed E-state index contributed by atoms with van der Waals surface area (Å²) < 4.78 is 7.32. The van der Waals surface area contributed by atoms with Gasteiger partial charge in [-0.15, -0.1) is 0 Å². The van der Waals surface area contributed by atoms with Gasteiger partial charge < -0.3 is 19.9 Å². The van der Waals surface area contributed by atoms with E-state index in [0.29, 0.717) is 11.0 Å². The molecule has 0 spiro atoms. The van der Waals surface area contributed by atoms with Crippen LogP contribution in [-0.4, -0.2) is 53.0 Å². The second kappa shape index (κ2) is 8.78. The fourth-order valence-corrected chi connectivity index (χ4v) is 4.27. The molecule has 1 N–H and O–H groups in total. The minimum atomic E-state index is 0.687. The van der Waals surface area contributed by atoms with Gasteiger partial charge in [0.15, 0.2) is 5.65 Å². The quantitative estimate of drug-likeness (QED) is 0.470. The van der Waals surface area contributed by atoms with Crippen LogP contribution in [0.4, 0.5) is 23.1 Å². The van der Waals surface area contributed by atoms with Gasteiger partial charge >= 0.3 is 0 Å². The van der Waals surface area contributed by atoms with Crippen molar-refractivity contribution in [1.29, 1.82) is 0 Å². The molecule has 33 heavy (non-hydrogen) atoms. The SMILES string of the molecule is COc1ccccc1N1CCN(c2nc(Nc3ccc(C)c(Cl)c3)c3cnn(C)c3n2)CC1. The topological polar surface area (TPSA) is 71.3 Å². The first-order valence-electron chi connectivity index (χ1n) is 10.9. The number of rotatable bonds is 5. The Hall–Kier alpha value is -3.52. The molecule has 0 aliphatic carbocycles. The Balaban J connectivity index is 1.42. The van der Waals surface area contributed by atoms with Crippen LogP contribution in [-0.2, 0) is 7.05 Å². The molecule has 0 atom stereocenters. The van der Waals surface area contributed by atoms with E-state index in [9.17, 15) is 0 Å². The van der Waals surface area contributed by atoms with Crippen LogP contribution >= 0.6 is 11.6 Å². The molecular weight excluding hydrogens is 438 g/mol. The first-order valence-corrected chi connectivity index (χ1v) is 11.3. The van der Waals surface area contributed by atoms with Crippen LogP contribution in [0.3, 0.4) is 0 Å². The second-order valence-corrected chi connectivity index (χ2v) is 8.52. The van der Waals surface area contributed by atoms with Crippen LogP contribution in [0.5, 0.6) is 5.75 Å². The molecule has 170 valence electrons. The van der Waals surface area contributed by atoms with Crippen LogP contribution < -0.4 is 19.9 Å². The highest BCUT2D eigenvalue weighted by atomic mass is 35.5. The molecule has 0 saturated carbocycles. The fourth-order valence-electron chi connectivity index (χ4n) is 4.09.